The molecule has 1 atom stereocenters. The molecule has 0 bridgehead atoms. The fourth-order valence-corrected chi connectivity index (χ4v) is 1.75. The highest BCUT2D eigenvalue weighted by atomic mass is 16.5. The minimum Gasteiger partial charge on any atom is -0.381 e. The van der Waals surface area contributed by atoms with Crippen LogP contribution in [0.3, 0.4) is 0 Å². The number of rotatable bonds is 4. The second kappa shape index (κ2) is 4.83. The van der Waals surface area contributed by atoms with Crippen LogP contribution in [0.15, 0.2) is 0 Å². The van der Waals surface area contributed by atoms with Gasteiger partial charge in [0.15, 0.2) is 0 Å². The molecule has 1 saturated heterocycles. The largest absolute Gasteiger partial charge is 0.381 e. The lowest BCUT2D eigenvalue weighted by atomic mass is 10.1. The summed E-state index contributed by atoms with van der Waals surface area (Å²) >= 11 is 0. The zero-order chi connectivity index (χ0) is 8.97. The van der Waals surface area contributed by atoms with Crippen LogP contribution in [0, 0.1) is 5.92 Å². The Bertz CT molecular complexity index is 125. The lowest BCUT2D eigenvalue weighted by molar-refractivity contribution is 0.110. The summed E-state index contributed by atoms with van der Waals surface area (Å²) in [6.45, 7) is 10.9. The Balaban J connectivity index is 2.17. The van der Waals surface area contributed by atoms with Gasteiger partial charge in [-0.05, 0) is 39.7 Å². The number of likely N-dealkylation sites (tertiary alicyclic amines) is 1. The standard InChI is InChI=1S/C10H21NO/c1-4-12-8-10-5-6-11(7-10)9(2)3/h9-10H,4-8H2,1-3H3. The van der Waals surface area contributed by atoms with E-state index in [0.29, 0.717) is 6.04 Å². The summed E-state index contributed by atoms with van der Waals surface area (Å²) in [5.74, 6) is 0.785. The van der Waals surface area contributed by atoms with Crippen LogP contribution in [0.2, 0.25) is 0 Å². The van der Waals surface area contributed by atoms with Crippen molar-refractivity contribution in [3.8, 4) is 0 Å². The average Bonchev–Trinajstić information content (AvgIpc) is 2.48. The van der Waals surface area contributed by atoms with E-state index in [1.54, 1.807) is 0 Å². The van der Waals surface area contributed by atoms with E-state index in [-0.39, 0.29) is 0 Å². The summed E-state index contributed by atoms with van der Waals surface area (Å²) in [7, 11) is 0. The van der Waals surface area contributed by atoms with Gasteiger partial charge in [0.25, 0.3) is 0 Å². The zero-order valence-electron chi connectivity index (χ0n) is 8.55. The molecule has 1 aliphatic heterocycles. The number of hydrogen-bond acceptors (Lipinski definition) is 2. The van der Waals surface area contributed by atoms with E-state index in [2.05, 4.69) is 25.7 Å². The van der Waals surface area contributed by atoms with Crippen LogP contribution in [0.25, 0.3) is 0 Å². The Morgan fingerprint density at radius 3 is 2.75 bits per heavy atom. The van der Waals surface area contributed by atoms with Crippen LogP contribution < -0.4 is 0 Å². The number of nitrogens with zero attached hydrogens (tertiary/aromatic N) is 1. The third kappa shape index (κ3) is 2.76. The first kappa shape index (κ1) is 10.0. The van der Waals surface area contributed by atoms with Crippen LogP contribution >= 0.6 is 0 Å². The van der Waals surface area contributed by atoms with Crippen molar-refractivity contribution in [2.45, 2.75) is 33.2 Å². The van der Waals surface area contributed by atoms with Crippen molar-refractivity contribution in [1.29, 1.82) is 0 Å². The van der Waals surface area contributed by atoms with Crippen molar-refractivity contribution in [3.63, 3.8) is 0 Å². The first-order valence-corrected chi connectivity index (χ1v) is 5.05. The second-order valence-corrected chi connectivity index (χ2v) is 3.90. The molecule has 1 rings (SSSR count). The summed E-state index contributed by atoms with van der Waals surface area (Å²) < 4.78 is 5.42. The van der Waals surface area contributed by atoms with Crippen LogP contribution in [-0.2, 0) is 4.74 Å². The Labute approximate surface area is 75.9 Å². The minimum absolute atomic E-state index is 0.705. The van der Waals surface area contributed by atoms with Crippen LogP contribution in [0.4, 0.5) is 0 Å². The van der Waals surface area contributed by atoms with Gasteiger partial charge in [-0.15, -0.1) is 0 Å². The van der Waals surface area contributed by atoms with Gasteiger partial charge < -0.3 is 9.64 Å². The smallest absolute Gasteiger partial charge is 0.0506 e. The Morgan fingerprint density at radius 1 is 1.50 bits per heavy atom. The van der Waals surface area contributed by atoms with E-state index in [1.165, 1.54) is 19.5 Å². The van der Waals surface area contributed by atoms with Gasteiger partial charge in [-0.25, -0.2) is 0 Å². The van der Waals surface area contributed by atoms with E-state index < -0.39 is 0 Å². The third-order valence-corrected chi connectivity index (χ3v) is 2.61. The molecular formula is C10H21NO. The van der Waals surface area contributed by atoms with E-state index in [9.17, 15) is 0 Å². The molecule has 72 valence electrons. The summed E-state index contributed by atoms with van der Waals surface area (Å²) in [6.07, 6.45) is 1.32. The topological polar surface area (TPSA) is 12.5 Å². The zero-order valence-corrected chi connectivity index (χ0v) is 8.55. The summed E-state index contributed by atoms with van der Waals surface area (Å²) in [5, 5.41) is 0. The molecule has 12 heavy (non-hydrogen) atoms. The average molecular weight is 171 g/mol. The predicted octanol–water partition coefficient (Wildman–Crippen LogP) is 1.75. The summed E-state index contributed by atoms with van der Waals surface area (Å²) in [6, 6.07) is 0.705. The Hall–Kier alpha value is -0.0800. The number of ether oxygens (including phenoxy) is 1. The van der Waals surface area contributed by atoms with E-state index in [0.717, 1.165) is 19.1 Å². The van der Waals surface area contributed by atoms with E-state index in [4.69, 9.17) is 4.74 Å². The molecule has 2 nitrogen and oxygen atoms in total. The minimum atomic E-state index is 0.705. The van der Waals surface area contributed by atoms with Gasteiger partial charge in [0.05, 0.1) is 6.61 Å². The van der Waals surface area contributed by atoms with Gasteiger partial charge >= 0.3 is 0 Å². The van der Waals surface area contributed by atoms with Gasteiger partial charge in [0.1, 0.15) is 0 Å². The first-order valence-electron chi connectivity index (χ1n) is 5.05. The SMILES string of the molecule is CCOCC1CCN(C(C)C)C1. The highest BCUT2D eigenvalue weighted by Crippen LogP contribution is 2.18. The molecule has 1 heterocycles. The maximum Gasteiger partial charge on any atom is 0.0506 e. The molecule has 2 heteroatoms. The normalized spacial score (nSPS) is 25.5. The molecular weight excluding hydrogens is 150 g/mol. The third-order valence-electron chi connectivity index (χ3n) is 2.61. The predicted molar refractivity (Wildman–Crippen MR) is 51.3 cm³/mol. The van der Waals surface area contributed by atoms with Gasteiger partial charge in [-0.1, -0.05) is 0 Å². The molecule has 0 aromatic carbocycles. The fourth-order valence-electron chi connectivity index (χ4n) is 1.75. The molecule has 0 aromatic heterocycles. The summed E-state index contributed by atoms with van der Waals surface area (Å²) in [5.41, 5.74) is 0. The Kier molecular flexibility index (Phi) is 4.02. The van der Waals surface area contributed by atoms with Gasteiger partial charge in [0, 0.05) is 19.2 Å². The second-order valence-electron chi connectivity index (χ2n) is 3.90. The van der Waals surface area contributed by atoms with E-state index in [1.807, 2.05) is 0 Å². The Morgan fingerprint density at radius 2 is 2.25 bits per heavy atom. The van der Waals surface area contributed by atoms with Crippen LogP contribution in [-0.4, -0.2) is 37.2 Å². The quantitative estimate of drug-likeness (QED) is 0.639. The number of hydrogen-bond donors (Lipinski definition) is 0. The first-order chi connectivity index (χ1) is 5.74. The van der Waals surface area contributed by atoms with Gasteiger partial charge in [0.2, 0.25) is 0 Å². The molecule has 1 unspecified atom stereocenters. The van der Waals surface area contributed by atoms with Crippen molar-refractivity contribution in [2.75, 3.05) is 26.3 Å². The monoisotopic (exact) mass is 171 g/mol. The maximum absolute atomic E-state index is 5.42. The highest BCUT2D eigenvalue weighted by molar-refractivity contribution is 4.77. The maximum atomic E-state index is 5.42. The van der Waals surface area contributed by atoms with Crippen LogP contribution in [0.5, 0.6) is 0 Å². The van der Waals surface area contributed by atoms with Crippen molar-refractivity contribution in [3.05, 3.63) is 0 Å². The van der Waals surface area contributed by atoms with Crippen molar-refractivity contribution >= 4 is 0 Å². The van der Waals surface area contributed by atoms with Crippen LogP contribution in [0.1, 0.15) is 27.2 Å². The molecule has 1 fully saturated rings. The highest BCUT2D eigenvalue weighted by Gasteiger charge is 2.23. The molecule has 0 amide bonds. The lowest BCUT2D eigenvalue weighted by Crippen LogP contribution is -2.28. The van der Waals surface area contributed by atoms with Gasteiger partial charge in [-0.3, -0.25) is 0 Å². The van der Waals surface area contributed by atoms with Crippen molar-refractivity contribution in [1.82, 2.24) is 4.90 Å². The molecule has 0 spiro atoms. The molecule has 0 radical (unpaired) electrons. The lowest BCUT2D eigenvalue weighted by Gasteiger charge is -2.20. The van der Waals surface area contributed by atoms with Crippen molar-refractivity contribution in [2.24, 2.45) is 5.92 Å². The molecule has 1 aliphatic rings. The molecule has 0 saturated carbocycles. The molecule has 0 N–H and O–H groups in total. The molecule has 0 aromatic rings. The summed E-state index contributed by atoms with van der Waals surface area (Å²) in [4.78, 5) is 2.53. The fraction of sp³-hybridized carbons (Fsp3) is 1.00. The van der Waals surface area contributed by atoms with Gasteiger partial charge in [-0.2, -0.15) is 0 Å². The molecule has 0 aliphatic carbocycles. The van der Waals surface area contributed by atoms with E-state index >= 15 is 0 Å². The van der Waals surface area contributed by atoms with Crippen molar-refractivity contribution < 1.29 is 4.74 Å².